The van der Waals surface area contributed by atoms with E-state index in [0.29, 0.717) is 30.4 Å². The maximum Gasteiger partial charge on any atom is 0.149 e. The van der Waals surface area contributed by atoms with Crippen molar-refractivity contribution in [1.82, 2.24) is 14.8 Å². The van der Waals surface area contributed by atoms with Crippen LogP contribution in [0, 0.1) is 5.82 Å². The van der Waals surface area contributed by atoms with Crippen LogP contribution in [0.1, 0.15) is 26.0 Å². The third-order valence-corrected chi connectivity index (χ3v) is 4.34. The molecule has 1 N–H and O–H groups in total. The molecule has 1 aromatic heterocycles. The number of piperazine rings is 1. The second-order valence-electron chi connectivity index (χ2n) is 5.89. The van der Waals surface area contributed by atoms with Gasteiger partial charge in [0.1, 0.15) is 11.6 Å². The minimum absolute atomic E-state index is 0.115. The lowest BCUT2D eigenvalue weighted by Crippen LogP contribution is -2.69. The summed E-state index contributed by atoms with van der Waals surface area (Å²) in [6, 6.07) is 2.77. The maximum absolute atomic E-state index is 13.7. The molecule has 4 nitrogen and oxygen atoms in total. The van der Waals surface area contributed by atoms with E-state index in [1.807, 2.05) is 0 Å². The molecule has 1 aromatic rings. The van der Waals surface area contributed by atoms with Crippen LogP contribution in [0.25, 0.3) is 0 Å². The second-order valence-corrected chi connectivity index (χ2v) is 5.89. The Kier molecular flexibility index (Phi) is 3.19. The minimum atomic E-state index is -0.411. The quantitative estimate of drug-likeness (QED) is 0.901. The van der Waals surface area contributed by atoms with Crippen molar-refractivity contribution in [2.24, 2.45) is 0 Å². The van der Waals surface area contributed by atoms with Crippen LogP contribution in [0.3, 0.4) is 0 Å². The molecule has 0 amide bonds. The molecular formula is C14H20FN3O. The first-order chi connectivity index (χ1) is 9.04. The maximum atomic E-state index is 13.7. The van der Waals surface area contributed by atoms with Gasteiger partial charge in [-0.05, 0) is 20.3 Å². The number of nitrogens with zero attached hydrogens (tertiary/aromatic N) is 3. The number of fused-ring (bicyclic) bond motifs is 2. The summed E-state index contributed by atoms with van der Waals surface area (Å²) in [5, 5.41) is 9.18. The fourth-order valence-corrected chi connectivity index (χ4v) is 3.15. The molecule has 4 heterocycles. The molecule has 2 unspecified atom stereocenters. The zero-order chi connectivity index (χ0) is 13.6. The number of halogens is 1. The van der Waals surface area contributed by atoms with Crippen molar-refractivity contribution in [3.63, 3.8) is 0 Å². The van der Waals surface area contributed by atoms with Gasteiger partial charge < -0.3 is 5.11 Å². The van der Waals surface area contributed by atoms with Crippen LogP contribution in [-0.4, -0.2) is 51.1 Å². The van der Waals surface area contributed by atoms with Gasteiger partial charge in [0.2, 0.25) is 0 Å². The van der Waals surface area contributed by atoms with E-state index in [0.717, 1.165) is 19.2 Å². The Bertz CT molecular complexity index is 468. The highest BCUT2D eigenvalue weighted by Gasteiger charge is 2.45. The van der Waals surface area contributed by atoms with Gasteiger partial charge >= 0.3 is 0 Å². The number of aromatic nitrogens is 1. The van der Waals surface area contributed by atoms with E-state index in [4.69, 9.17) is 0 Å². The van der Waals surface area contributed by atoms with Gasteiger partial charge in [0.15, 0.2) is 0 Å². The molecule has 2 atom stereocenters. The largest absolute Gasteiger partial charge is 0.506 e. The highest BCUT2D eigenvalue weighted by molar-refractivity contribution is 5.20. The summed E-state index contributed by atoms with van der Waals surface area (Å²) in [6.07, 6.45) is 2.53. The Morgan fingerprint density at radius 1 is 1.42 bits per heavy atom. The molecule has 0 spiro atoms. The van der Waals surface area contributed by atoms with E-state index < -0.39 is 5.82 Å². The third-order valence-electron chi connectivity index (χ3n) is 4.34. The van der Waals surface area contributed by atoms with Gasteiger partial charge in [-0.25, -0.2) is 4.39 Å². The molecule has 2 bridgehead atoms. The number of aromatic hydroxyl groups is 1. The van der Waals surface area contributed by atoms with E-state index >= 15 is 0 Å². The first kappa shape index (κ1) is 12.8. The average molecular weight is 265 g/mol. The van der Waals surface area contributed by atoms with Gasteiger partial charge in [0.25, 0.3) is 0 Å². The van der Waals surface area contributed by atoms with Crippen LogP contribution in [-0.2, 0) is 6.54 Å². The summed E-state index contributed by atoms with van der Waals surface area (Å²) in [4.78, 5) is 8.82. The standard InChI is InChI=1S/C14H20FN3O/c1-9(2)17-6-10-3-11(7-17)18(10)8-14-13(15)4-12(19)5-16-14/h4-5,9-11,19H,3,6-8H2,1-2H3. The van der Waals surface area contributed by atoms with Crippen molar-refractivity contribution in [3.05, 3.63) is 23.8 Å². The summed E-state index contributed by atoms with van der Waals surface area (Å²) in [6.45, 7) is 7.11. The summed E-state index contributed by atoms with van der Waals surface area (Å²) >= 11 is 0. The van der Waals surface area contributed by atoms with Crippen molar-refractivity contribution < 1.29 is 9.50 Å². The number of pyridine rings is 1. The Balaban J connectivity index is 1.67. The van der Waals surface area contributed by atoms with E-state index in [2.05, 4.69) is 28.6 Å². The minimum Gasteiger partial charge on any atom is -0.506 e. The Labute approximate surface area is 112 Å². The molecule has 3 aliphatic rings. The Hall–Kier alpha value is -1.20. The SMILES string of the molecule is CC(C)N1CC2CC(C1)N2Cc1ncc(O)cc1F. The Morgan fingerprint density at radius 3 is 2.68 bits per heavy atom. The van der Waals surface area contributed by atoms with Crippen molar-refractivity contribution in [1.29, 1.82) is 0 Å². The third kappa shape index (κ3) is 2.32. The van der Waals surface area contributed by atoms with Crippen molar-refractivity contribution in [2.75, 3.05) is 13.1 Å². The van der Waals surface area contributed by atoms with Crippen LogP contribution >= 0.6 is 0 Å². The van der Waals surface area contributed by atoms with Crippen LogP contribution in [0.5, 0.6) is 5.75 Å². The average Bonchev–Trinajstić information content (AvgIpc) is 2.37. The molecule has 3 aliphatic heterocycles. The van der Waals surface area contributed by atoms with E-state index in [1.165, 1.54) is 12.6 Å². The van der Waals surface area contributed by atoms with Gasteiger partial charge in [0, 0.05) is 43.8 Å². The smallest absolute Gasteiger partial charge is 0.149 e. The van der Waals surface area contributed by atoms with Gasteiger partial charge in [-0.2, -0.15) is 0 Å². The molecular weight excluding hydrogens is 245 g/mol. The van der Waals surface area contributed by atoms with E-state index in [-0.39, 0.29) is 5.75 Å². The predicted molar refractivity (Wildman–Crippen MR) is 70.3 cm³/mol. The first-order valence-electron chi connectivity index (χ1n) is 6.87. The number of hydrogen-bond donors (Lipinski definition) is 1. The fourth-order valence-electron chi connectivity index (χ4n) is 3.15. The molecule has 4 rings (SSSR count). The molecule has 3 fully saturated rings. The van der Waals surface area contributed by atoms with Crippen LogP contribution in [0.15, 0.2) is 12.3 Å². The fraction of sp³-hybridized carbons (Fsp3) is 0.643. The lowest BCUT2D eigenvalue weighted by Gasteiger charge is -2.57. The summed E-state index contributed by atoms with van der Waals surface area (Å²) in [5.74, 6) is -0.526. The molecule has 104 valence electrons. The summed E-state index contributed by atoms with van der Waals surface area (Å²) in [5.41, 5.74) is 0.436. The highest BCUT2D eigenvalue weighted by Crippen LogP contribution is 2.34. The zero-order valence-electron chi connectivity index (χ0n) is 11.4. The van der Waals surface area contributed by atoms with Gasteiger partial charge in [-0.3, -0.25) is 14.8 Å². The van der Waals surface area contributed by atoms with Crippen LogP contribution in [0.4, 0.5) is 4.39 Å². The van der Waals surface area contributed by atoms with E-state index in [9.17, 15) is 9.50 Å². The van der Waals surface area contributed by atoms with Gasteiger partial charge in [0.05, 0.1) is 11.9 Å². The topological polar surface area (TPSA) is 39.6 Å². The molecule has 0 aliphatic carbocycles. The molecule has 0 aromatic carbocycles. The van der Waals surface area contributed by atoms with Crippen LogP contribution in [0.2, 0.25) is 0 Å². The molecule has 0 saturated carbocycles. The lowest BCUT2D eigenvalue weighted by molar-refractivity contribution is -0.0845. The van der Waals surface area contributed by atoms with Crippen molar-refractivity contribution in [2.45, 2.75) is 44.9 Å². The zero-order valence-corrected chi connectivity index (χ0v) is 11.4. The second kappa shape index (κ2) is 4.72. The lowest BCUT2D eigenvalue weighted by atomic mass is 9.86. The summed E-state index contributed by atoms with van der Waals surface area (Å²) < 4.78 is 13.7. The van der Waals surface area contributed by atoms with Crippen molar-refractivity contribution in [3.8, 4) is 5.75 Å². The molecule has 19 heavy (non-hydrogen) atoms. The van der Waals surface area contributed by atoms with Crippen LogP contribution < -0.4 is 0 Å². The van der Waals surface area contributed by atoms with E-state index in [1.54, 1.807) is 0 Å². The summed E-state index contributed by atoms with van der Waals surface area (Å²) in [7, 11) is 0. The number of rotatable bonds is 3. The first-order valence-corrected chi connectivity index (χ1v) is 6.87. The van der Waals surface area contributed by atoms with Gasteiger partial charge in [-0.1, -0.05) is 0 Å². The van der Waals surface area contributed by atoms with Crippen molar-refractivity contribution >= 4 is 0 Å². The number of hydrogen-bond acceptors (Lipinski definition) is 4. The highest BCUT2D eigenvalue weighted by atomic mass is 19.1. The molecule has 3 saturated heterocycles. The molecule has 0 radical (unpaired) electrons. The van der Waals surface area contributed by atoms with Gasteiger partial charge in [-0.15, -0.1) is 0 Å². The molecule has 5 heteroatoms. The Morgan fingerprint density at radius 2 is 2.11 bits per heavy atom. The number of piperidine rings is 1. The monoisotopic (exact) mass is 265 g/mol. The predicted octanol–water partition coefficient (Wildman–Crippen LogP) is 1.59. The normalized spacial score (nSPS) is 27.6.